The zero-order valence-electron chi connectivity index (χ0n) is 25.6. The van der Waals surface area contributed by atoms with Gasteiger partial charge in [0.05, 0.1) is 29.1 Å². The molecule has 6 atom stereocenters. The fourth-order valence-electron chi connectivity index (χ4n) is 8.28. The van der Waals surface area contributed by atoms with Crippen LogP contribution in [0.1, 0.15) is 65.7 Å². The number of pyridine rings is 1. The number of carbonyl (C=O) groups excluding carboxylic acids is 1. The lowest BCUT2D eigenvalue weighted by Gasteiger charge is -2.40. The zero-order valence-corrected chi connectivity index (χ0v) is 26.4. The van der Waals surface area contributed by atoms with Gasteiger partial charge in [-0.25, -0.2) is 18.6 Å². The molecule has 5 aliphatic heterocycles. The average molecular weight is 635 g/mol. The number of fused-ring (bicyclic) bond motifs is 4. The van der Waals surface area contributed by atoms with Crippen LogP contribution in [0.5, 0.6) is 6.01 Å². The number of anilines is 1. The van der Waals surface area contributed by atoms with Crippen LogP contribution >= 0.6 is 11.6 Å². The van der Waals surface area contributed by atoms with E-state index in [1.807, 2.05) is 25.7 Å². The van der Waals surface area contributed by atoms with E-state index in [4.69, 9.17) is 30.8 Å². The maximum atomic E-state index is 15.4. The molecule has 4 unspecified atom stereocenters. The van der Waals surface area contributed by atoms with Crippen LogP contribution in [-0.2, 0) is 9.47 Å². The summed E-state index contributed by atoms with van der Waals surface area (Å²) in [5.41, 5.74) is -1.02. The van der Waals surface area contributed by atoms with E-state index in [0.29, 0.717) is 43.9 Å². The first kappa shape index (κ1) is 30.1. The minimum atomic E-state index is -0.895. The number of carbonyl (C=O) groups is 1. The summed E-state index contributed by atoms with van der Waals surface area (Å²) in [5.74, 6) is -0.0422. The Morgan fingerprint density at radius 2 is 2.05 bits per heavy atom. The summed E-state index contributed by atoms with van der Waals surface area (Å²) in [4.78, 5) is 33.1. The van der Waals surface area contributed by atoms with Crippen LogP contribution in [0.3, 0.4) is 0 Å². The summed E-state index contributed by atoms with van der Waals surface area (Å²) in [7, 11) is 0. The van der Waals surface area contributed by atoms with Gasteiger partial charge in [0.15, 0.2) is 11.0 Å². The molecule has 0 aromatic carbocycles. The molecular weight excluding hydrogens is 594 g/mol. The van der Waals surface area contributed by atoms with Crippen molar-refractivity contribution in [2.45, 2.75) is 101 Å². The van der Waals surface area contributed by atoms with Crippen LogP contribution in [0, 0.1) is 11.7 Å². The summed E-state index contributed by atoms with van der Waals surface area (Å²) >= 11 is 6.09. The number of ether oxygens (including phenoxy) is 3. The number of nitrogens with zero attached hydrogens (tertiary/aromatic N) is 6. The monoisotopic (exact) mass is 634 g/mol. The van der Waals surface area contributed by atoms with Crippen molar-refractivity contribution in [2.24, 2.45) is 5.92 Å². The third kappa shape index (κ3) is 5.44. The Balaban J connectivity index is 1.21. The smallest absolute Gasteiger partial charge is 0.410 e. The van der Waals surface area contributed by atoms with E-state index < -0.39 is 23.1 Å². The number of rotatable bonds is 5. The molecule has 44 heavy (non-hydrogen) atoms. The van der Waals surface area contributed by atoms with Gasteiger partial charge < -0.3 is 19.1 Å². The van der Waals surface area contributed by atoms with Gasteiger partial charge in [-0.05, 0) is 71.8 Å². The maximum Gasteiger partial charge on any atom is 0.410 e. The van der Waals surface area contributed by atoms with Crippen LogP contribution in [0.2, 0.25) is 5.15 Å². The van der Waals surface area contributed by atoms with Gasteiger partial charge in [-0.2, -0.15) is 9.97 Å². The molecular formula is C31H41ClF2N6O4. The van der Waals surface area contributed by atoms with Crippen LogP contribution in [-0.4, -0.2) is 106 Å². The van der Waals surface area contributed by atoms with Crippen molar-refractivity contribution in [3.05, 3.63) is 17.2 Å². The topological polar surface area (TPSA) is 93.2 Å². The Labute approximate surface area is 261 Å². The molecule has 13 heteroatoms. The highest BCUT2D eigenvalue weighted by Crippen LogP contribution is 2.43. The summed E-state index contributed by atoms with van der Waals surface area (Å²) in [6.45, 7) is 8.89. The Morgan fingerprint density at radius 1 is 1.20 bits per heavy atom. The molecule has 0 N–H and O–H groups in total. The summed E-state index contributed by atoms with van der Waals surface area (Å²) < 4.78 is 48.0. The molecule has 1 amide bonds. The van der Waals surface area contributed by atoms with E-state index in [1.165, 1.54) is 6.20 Å². The van der Waals surface area contributed by atoms with Gasteiger partial charge >= 0.3 is 12.1 Å². The summed E-state index contributed by atoms with van der Waals surface area (Å²) in [5, 5.41) is 0.136. The number of hydrogen-bond acceptors (Lipinski definition) is 9. The third-order valence-corrected chi connectivity index (χ3v) is 10.3. The van der Waals surface area contributed by atoms with Crippen molar-refractivity contribution in [3.8, 4) is 6.01 Å². The third-order valence-electron chi connectivity index (χ3n) is 10.1. The normalized spacial score (nSPS) is 32.4. The van der Waals surface area contributed by atoms with Crippen molar-refractivity contribution >= 4 is 34.4 Å². The van der Waals surface area contributed by atoms with Gasteiger partial charge in [-0.1, -0.05) is 11.6 Å². The van der Waals surface area contributed by atoms with Crippen molar-refractivity contribution in [2.75, 3.05) is 44.3 Å². The van der Waals surface area contributed by atoms with E-state index in [2.05, 4.69) is 19.8 Å². The first-order valence-electron chi connectivity index (χ1n) is 15.9. The molecule has 0 spiro atoms. The van der Waals surface area contributed by atoms with E-state index in [1.54, 1.807) is 0 Å². The molecule has 0 radical (unpaired) electrons. The number of amides is 1. The first-order valence-corrected chi connectivity index (χ1v) is 16.3. The highest BCUT2D eigenvalue weighted by molar-refractivity contribution is 6.30. The molecule has 2 bridgehead atoms. The SMILES string of the molecule is CC(C)(C)OC(=O)N1C2CC(CCN(c3nc(OC[C@@]45CCCN4C[C@H](F)C5)nc4c(F)c(Cl)ncc34)C2)C1C1CCCO1. The summed E-state index contributed by atoms with van der Waals surface area (Å²) in [6.07, 6.45) is 5.96. The fourth-order valence-corrected chi connectivity index (χ4v) is 8.41. The van der Waals surface area contributed by atoms with Gasteiger partial charge in [-0.3, -0.25) is 9.80 Å². The van der Waals surface area contributed by atoms with E-state index in [-0.39, 0.29) is 53.5 Å². The Kier molecular flexibility index (Phi) is 7.76. The molecule has 240 valence electrons. The Hall–Kier alpha value is -2.57. The van der Waals surface area contributed by atoms with Crippen molar-refractivity contribution < 1.29 is 27.8 Å². The van der Waals surface area contributed by atoms with Crippen molar-refractivity contribution in [1.82, 2.24) is 24.8 Å². The number of alkyl halides is 1. The van der Waals surface area contributed by atoms with E-state index in [9.17, 15) is 9.18 Å². The lowest BCUT2D eigenvalue weighted by molar-refractivity contribution is -0.0174. The van der Waals surface area contributed by atoms with Gasteiger partial charge in [0.2, 0.25) is 0 Å². The maximum absolute atomic E-state index is 15.4. The molecule has 5 fully saturated rings. The van der Waals surface area contributed by atoms with E-state index in [0.717, 1.165) is 45.1 Å². The molecule has 5 saturated heterocycles. The minimum absolute atomic E-state index is 0.0153. The van der Waals surface area contributed by atoms with Crippen LogP contribution < -0.4 is 9.64 Å². The molecule has 2 aromatic heterocycles. The van der Waals surface area contributed by atoms with Gasteiger partial charge in [0, 0.05) is 38.9 Å². The molecule has 7 heterocycles. The molecule has 0 saturated carbocycles. The number of aromatic nitrogens is 3. The average Bonchev–Trinajstić information content (AvgIpc) is 3.71. The van der Waals surface area contributed by atoms with Crippen LogP contribution in [0.4, 0.5) is 19.4 Å². The number of likely N-dealkylation sites (tertiary alicyclic amines) is 1. The van der Waals surface area contributed by atoms with E-state index >= 15 is 4.39 Å². The number of hydrogen-bond donors (Lipinski definition) is 0. The quantitative estimate of drug-likeness (QED) is 0.414. The second-order valence-corrected chi connectivity index (χ2v) is 14.5. The van der Waals surface area contributed by atoms with Crippen LogP contribution in [0.25, 0.3) is 10.9 Å². The molecule has 0 aliphatic carbocycles. The predicted octanol–water partition coefficient (Wildman–Crippen LogP) is 5.16. The second kappa shape index (κ2) is 11.3. The highest BCUT2D eigenvalue weighted by Gasteiger charge is 2.52. The standard InChI is InChI=1S/C31H41ClF2N6O4/c1-30(2,3)44-29(41)40-20-12-18(25(40)22-6-4-11-42-22)7-10-38(16-20)27-21-14-35-26(32)23(34)24(21)36-28(37-27)43-17-31-8-5-9-39(31)15-19(33)13-31/h14,18-20,22,25H,4-13,15-17H2,1-3H3/t18?,19-,20?,22?,25?,31+/m1/s1. The molecule has 5 aliphatic rings. The second-order valence-electron chi connectivity index (χ2n) is 14.1. The fraction of sp³-hybridized carbons (Fsp3) is 0.742. The van der Waals surface area contributed by atoms with Crippen LogP contribution in [0.15, 0.2) is 6.20 Å². The molecule has 10 nitrogen and oxygen atoms in total. The largest absolute Gasteiger partial charge is 0.461 e. The Bertz CT molecular complexity index is 1420. The highest BCUT2D eigenvalue weighted by atomic mass is 35.5. The lowest BCUT2D eigenvalue weighted by Crippen LogP contribution is -2.54. The summed E-state index contributed by atoms with van der Waals surface area (Å²) in [6, 6.07) is -0.192. The van der Waals surface area contributed by atoms with Gasteiger partial charge in [0.1, 0.15) is 29.7 Å². The minimum Gasteiger partial charge on any atom is -0.461 e. The Morgan fingerprint density at radius 3 is 2.82 bits per heavy atom. The van der Waals surface area contributed by atoms with Crippen molar-refractivity contribution in [3.63, 3.8) is 0 Å². The molecule has 2 aromatic rings. The van der Waals surface area contributed by atoms with Crippen molar-refractivity contribution in [1.29, 1.82) is 0 Å². The first-order chi connectivity index (χ1) is 21.0. The number of halogens is 3. The lowest BCUT2D eigenvalue weighted by atomic mass is 9.91. The zero-order chi connectivity index (χ0) is 30.8. The molecule has 7 rings (SSSR count). The van der Waals surface area contributed by atoms with Gasteiger partial charge in [-0.15, -0.1) is 0 Å². The van der Waals surface area contributed by atoms with Gasteiger partial charge in [0.25, 0.3) is 0 Å². The predicted molar refractivity (Wildman–Crippen MR) is 160 cm³/mol.